The lowest BCUT2D eigenvalue weighted by Crippen LogP contribution is -2.49. The second-order valence-electron chi connectivity index (χ2n) is 7.93. The summed E-state index contributed by atoms with van der Waals surface area (Å²) in [5.41, 5.74) is 0.0233. The molecule has 1 atom stereocenters. The normalized spacial score (nSPS) is 24.8. The maximum absolute atomic E-state index is 14.1. The molecule has 3 heterocycles. The molecule has 6 nitrogen and oxygen atoms in total. The zero-order valence-electron chi connectivity index (χ0n) is 16.0. The summed E-state index contributed by atoms with van der Waals surface area (Å²) in [4.78, 5) is 42.9. The van der Waals surface area contributed by atoms with Crippen molar-refractivity contribution in [2.45, 2.75) is 44.6 Å². The number of carbonyl (C=O) groups is 3. The first kappa shape index (κ1) is 19.1. The van der Waals surface area contributed by atoms with Gasteiger partial charge in [0.2, 0.25) is 11.8 Å². The molecular weight excluding hydrogens is 361 g/mol. The van der Waals surface area contributed by atoms with Crippen LogP contribution in [0.25, 0.3) is 0 Å². The highest BCUT2D eigenvalue weighted by Gasteiger charge is 2.44. The monoisotopic (exact) mass is 387 g/mol. The third-order valence-corrected chi connectivity index (χ3v) is 6.20. The number of amides is 3. The summed E-state index contributed by atoms with van der Waals surface area (Å²) in [5, 5.41) is 0. The second kappa shape index (κ2) is 7.99. The van der Waals surface area contributed by atoms with Crippen LogP contribution in [0.1, 0.15) is 38.5 Å². The summed E-state index contributed by atoms with van der Waals surface area (Å²) in [5.74, 6) is -1.07. The molecule has 0 aromatic heterocycles. The molecule has 0 radical (unpaired) electrons. The van der Waals surface area contributed by atoms with Crippen LogP contribution in [-0.2, 0) is 14.4 Å². The molecule has 0 unspecified atom stereocenters. The quantitative estimate of drug-likeness (QED) is 0.746. The zero-order chi connectivity index (χ0) is 19.7. The first-order chi connectivity index (χ1) is 13.6. The second-order valence-corrected chi connectivity index (χ2v) is 7.93. The molecular formula is C21H26FN3O3. The van der Waals surface area contributed by atoms with Gasteiger partial charge in [0.25, 0.3) is 5.91 Å². The molecule has 1 aromatic rings. The average Bonchev–Trinajstić information content (AvgIpc) is 3.03. The molecule has 3 saturated heterocycles. The van der Waals surface area contributed by atoms with Crippen LogP contribution in [0.5, 0.6) is 0 Å². The van der Waals surface area contributed by atoms with Gasteiger partial charge in [-0.3, -0.25) is 19.3 Å². The van der Waals surface area contributed by atoms with E-state index in [-0.39, 0.29) is 35.7 Å². The highest BCUT2D eigenvalue weighted by molar-refractivity contribution is 6.22. The number of carbonyl (C=O) groups excluding carboxylic acids is 3. The third-order valence-electron chi connectivity index (χ3n) is 6.20. The fourth-order valence-corrected chi connectivity index (χ4v) is 4.62. The summed E-state index contributed by atoms with van der Waals surface area (Å²) < 4.78 is 14.1. The zero-order valence-corrected chi connectivity index (χ0v) is 16.0. The molecule has 0 aliphatic carbocycles. The molecule has 28 heavy (non-hydrogen) atoms. The molecule has 0 N–H and O–H groups in total. The predicted molar refractivity (Wildman–Crippen MR) is 102 cm³/mol. The predicted octanol–water partition coefficient (Wildman–Crippen LogP) is 2.18. The van der Waals surface area contributed by atoms with Gasteiger partial charge < -0.3 is 4.90 Å². The third kappa shape index (κ3) is 3.55. The minimum atomic E-state index is -0.573. The number of halogens is 1. The topological polar surface area (TPSA) is 60.9 Å². The van der Waals surface area contributed by atoms with Gasteiger partial charge in [-0.15, -0.1) is 0 Å². The van der Waals surface area contributed by atoms with Crippen molar-refractivity contribution < 1.29 is 18.8 Å². The average molecular weight is 387 g/mol. The fourth-order valence-electron chi connectivity index (χ4n) is 4.62. The minimum Gasteiger partial charge on any atom is -0.342 e. The Morgan fingerprint density at radius 2 is 1.64 bits per heavy atom. The van der Waals surface area contributed by atoms with E-state index >= 15 is 0 Å². The summed E-state index contributed by atoms with van der Waals surface area (Å²) in [6.45, 7) is 2.93. The highest BCUT2D eigenvalue weighted by Crippen LogP contribution is 2.30. The van der Waals surface area contributed by atoms with Gasteiger partial charge in [-0.1, -0.05) is 12.1 Å². The van der Waals surface area contributed by atoms with Crippen molar-refractivity contribution in [3.8, 4) is 0 Å². The fraction of sp³-hybridized carbons (Fsp3) is 0.571. The lowest BCUT2D eigenvalue weighted by molar-refractivity contribution is -0.138. The van der Waals surface area contributed by atoms with Crippen molar-refractivity contribution in [2.24, 2.45) is 5.92 Å². The number of piperidine rings is 2. The van der Waals surface area contributed by atoms with Gasteiger partial charge in [-0.05, 0) is 57.3 Å². The van der Waals surface area contributed by atoms with Crippen molar-refractivity contribution in [3.63, 3.8) is 0 Å². The number of para-hydroxylation sites is 1. The molecule has 3 amide bonds. The number of rotatable bonds is 3. The van der Waals surface area contributed by atoms with Crippen LogP contribution >= 0.6 is 0 Å². The van der Waals surface area contributed by atoms with Crippen LogP contribution in [0.4, 0.5) is 10.1 Å². The number of nitrogens with zero attached hydrogens (tertiary/aromatic N) is 3. The van der Waals surface area contributed by atoms with Gasteiger partial charge in [-0.25, -0.2) is 9.29 Å². The maximum atomic E-state index is 14.1. The molecule has 0 saturated carbocycles. The van der Waals surface area contributed by atoms with E-state index in [1.165, 1.54) is 24.6 Å². The van der Waals surface area contributed by atoms with Crippen LogP contribution in [0.15, 0.2) is 24.3 Å². The van der Waals surface area contributed by atoms with E-state index in [1.54, 1.807) is 6.07 Å². The molecule has 0 bridgehead atoms. The van der Waals surface area contributed by atoms with E-state index < -0.39 is 11.9 Å². The number of hydrogen-bond acceptors (Lipinski definition) is 4. The SMILES string of the molecule is O=C(C1CCN([C@@H]2CC(=O)N(c3ccccc3F)C2=O)CC1)N1CCCCC1. The van der Waals surface area contributed by atoms with Crippen molar-refractivity contribution in [1.29, 1.82) is 0 Å². The molecule has 3 aliphatic heterocycles. The Labute approximate surface area is 164 Å². The minimum absolute atomic E-state index is 0.00391. The van der Waals surface area contributed by atoms with Crippen LogP contribution in [-0.4, -0.2) is 59.7 Å². The van der Waals surface area contributed by atoms with E-state index in [4.69, 9.17) is 0 Å². The van der Waals surface area contributed by atoms with Gasteiger partial charge in [0.05, 0.1) is 18.2 Å². The van der Waals surface area contributed by atoms with E-state index in [0.717, 1.165) is 30.8 Å². The number of hydrogen-bond donors (Lipinski definition) is 0. The standard InChI is InChI=1S/C21H26FN3O3/c22-16-6-2-3-7-17(16)25-19(26)14-18(21(25)28)23-12-8-15(9-13-23)20(27)24-10-4-1-5-11-24/h2-3,6-7,15,18H,1,4-5,8-14H2/t18-/m1/s1. The van der Waals surface area contributed by atoms with Crippen molar-refractivity contribution in [3.05, 3.63) is 30.1 Å². The number of anilines is 1. The molecule has 1 aromatic carbocycles. The van der Waals surface area contributed by atoms with Crippen molar-refractivity contribution in [2.75, 3.05) is 31.1 Å². The lowest BCUT2D eigenvalue weighted by Gasteiger charge is -2.37. The first-order valence-corrected chi connectivity index (χ1v) is 10.2. The largest absolute Gasteiger partial charge is 0.342 e. The van der Waals surface area contributed by atoms with Gasteiger partial charge in [0, 0.05) is 19.0 Å². The summed E-state index contributed by atoms with van der Waals surface area (Å²) in [6.07, 6.45) is 4.82. The highest BCUT2D eigenvalue weighted by atomic mass is 19.1. The van der Waals surface area contributed by atoms with Gasteiger partial charge in [0.1, 0.15) is 5.82 Å². The van der Waals surface area contributed by atoms with E-state index in [9.17, 15) is 18.8 Å². The molecule has 0 spiro atoms. The van der Waals surface area contributed by atoms with Gasteiger partial charge in [-0.2, -0.15) is 0 Å². The van der Waals surface area contributed by atoms with Crippen molar-refractivity contribution >= 4 is 23.4 Å². The number of likely N-dealkylation sites (tertiary alicyclic amines) is 2. The van der Waals surface area contributed by atoms with E-state index in [1.807, 2.05) is 9.80 Å². The summed E-state index contributed by atoms with van der Waals surface area (Å²) in [7, 11) is 0. The van der Waals surface area contributed by atoms with E-state index in [0.29, 0.717) is 25.9 Å². The van der Waals surface area contributed by atoms with Crippen LogP contribution in [0.3, 0.4) is 0 Å². The van der Waals surface area contributed by atoms with Crippen LogP contribution in [0.2, 0.25) is 0 Å². The summed E-state index contributed by atoms with van der Waals surface area (Å²) in [6, 6.07) is 5.30. The Morgan fingerprint density at radius 1 is 0.964 bits per heavy atom. The molecule has 150 valence electrons. The Kier molecular flexibility index (Phi) is 5.44. The Morgan fingerprint density at radius 3 is 2.32 bits per heavy atom. The first-order valence-electron chi connectivity index (χ1n) is 10.2. The maximum Gasteiger partial charge on any atom is 0.251 e. The van der Waals surface area contributed by atoms with Crippen LogP contribution in [0, 0.1) is 11.7 Å². The Hall–Kier alpha value is -2.28. The van der Waals surface area contributed by atoms with Crippen molar-refractivity contribution in [1.82, 2.24) is 9.80 Å². The molecule has 3 fully saturated rings. The van der Waals surface area contributed by atoms with Crippen LogP contribution < -0.4 is 4.90 Å². The smallest absolute Gasteiger partial charge is 0.251 e. The lowest BCUT2D eigenvalue weighted by atomic mass is 9.93. The number of benzene rings is 1. The van der Waals surface area contributed by atoms with Gasteiger partial charge >= 0.3 is 0 Å². The van der Waals surface area contributed by atoms with E-state index in [2.05, 4.69) is 0 Å². The molecule has 4 rings (SSSR count). The molecule has 3 aliphatic rings. The number of imide groups is 1. The summed E-state index contributed by atoms with van der Waals surface area (Å²) >= 11 is 0. The Bertz CT molecular complexity index is 770. The molecule has 7 heteroatoms. The van der Waals surface area contributed by atoms with Gasteiger partial charge in [0.15, 0.2) is 0 Å². The Balaban J connectivity index is 1.38.